The molecule has 0 saturated heterocycles. The molecule has 5 amide bonds. The van der Waals surface area contributed by atoms with E-state index < -0.39 is 66.0 Å². The third-order valence-corrected chi connectivity index (χ3v) is 18.3. The number of rotatable bonds is 85. The molecule has 0 aromatic carbocycles. The van der Waals surface area contributed by atoms with Gasteiger partial charge in [0, 0.05) is 118 Å². The molecular weight excluding hydrogens is 1450 g/mol. The molecule has 0 saturated carbocycles. The third-order valence-electron chi connectivity index (χ3n) is 18.3. The lowest BCUT2D eigenvalue weighted by Crippen LogP contribution is -2.43. The summed E-state index contributed by atoms with van der Waals surface area (Å²) in [6.07, 6.45) is 26.5. The van der Waals surface area contributed by atoms with E-state index in [1.165, 1.54) is 19.8 Å². The summed E-state index contributed by atoms with van der Waals surface area (Å²) in [5, 5.41) is 50.1. The Kier molecular flexibility index (Phi) is 70.1. The summed E-state index contributed by atoms with van der Waals surface area (Å²) in [7, 11) is 0. The molecular formula is C80H143N5O26. The number of hydrogen-bond acceptors (Lipinski definition) is 22. The van der Waals surface area contributed by atoms with E-state index in [0.29, 0.717) is 97.0 Å². The Morgan fingerprint density at radius 3 is 1.13 bits per heavy atom. The fourth-order valence-corrected chi connectivity index (χ4v) is 11.7. The topological polar surface area (TPSA) is 454 Å². The summed E-state index contributed by atoms with van der Waals surface area (Å²) in [4.78, 5) is 169. The van der Waals surface area contributed by atoms with E-state index in [2.05, 4.69) is 26.6 Å². The summed E-state index contributed by atoms with van der Waals surface area (Å²) in [6.45, 7) is 5.96. The van der Waals surface area contributed by atoms with Crippen LogP contribution in [0.15, 0.2) is 0 Å². The summed E-state index contributed by atoms with van der Waals surface area (Å²) >= 11 is 0. The van der Waals surface area contributed by atoms with Gasteiger partial charge < -0.3 is 84.9 Å². The molecule has 4 atom stereocenters. The predicted octanol–water partition coefficient (Wildman–Crippen LogP) is 9.24. The molecule has 0 unspecified atom stereocenters. The first-order chi connectivity index (χ1) is 53.5. The zero-order valence-corrected chi connectivity index (χ0v) is 67.0. The molecule has 9 N–H and O–H groups in total. The number of Topliss-reactive ketones (excluding diaryl/α,β-unsaturated/α-hetero) is 5. The molecule has 0 aliphatic heterocycles. The molecule has 0 aromatic rings. The standard InChI is InChI=1S/C80H139N5O26.2H2/c1-63(29-23-25-41-82-74(93)40-38-70(80(102)103)85-76(95)62-111-56-50-105-46-28-33-68(88)59-108-53-51-106-47-43-83-72(91)34-20-16-12-8-4-6-10-14-18-22-36-78(98)99)71(90)58-65(64(2)86)30-24-26-42-81-73(92)39-37-66(79(100)101)57-69(89)60-109-54-52-107-48-44-84-75(94)61-110-55-49-104-45-27-32-67(87)31-19-15-11-7-3-5-9-13-17-21-35-77(96)97;;/h63,65-66,70H,3-62H2,1-2H3,(H,81,92)(H,82,93)(H,83,91)(H,84,94)(H,85,95)(H,96,97)(H,98,99)(H,100,101)(H,102,103);2*1H/t63-,65+,66+,70-;;/m0../s1. The molecule has 0 bridgehead atoms. The van der Waals surface area contributed by atoms with Gasteiger partial charge in [0.2, 0.25) is 29.5 Å². The first kappa shape index (κ1) is 104. The maximum Gasteiger partial charge on any atom is 0.326 e. The van der Waals surface area contributed by atoms with Crippen LogP contribution in [-0.2, 0) is 105 Å². The second-order valence-corrected chi connectivity index (χ2v) is 28.4. The van der Waals surface area contributed by atoms with E-state index in [9.17, 15) is 77.3 Å². The Bertz CT molecular complexity index is 2570. The molecule has 0 aliphatic rings. The van der Waals surface area contributed by atoms with Crippen molar-refractivity contribution in [1.82, 2.24) is 26.6 Å². The number of ketones is 5. The summed E-state index contributed by atoms with van der Waals surface area (Å²) in [5.74, 6) is -8.28. The molecule has 0 aromatic heterocycles. The average Bonchev–Trinajstić information content (AvgIpc) is 0.915. The number of aliphatic carboxylic acids is 4. The molecule has 31 heteroatoms. The monoisotopic (exact) mass is 1590 g/mol. The summed E-state index contributed by atoms with van der Waals surface area (Å²) in [5.41, 5.74) is 0. The quantitative estimate of drug-likeness (QED) is 0.0256. The molecule has 111 heavy (non-hydrogen) atoms. The fraction of sp³-hybridized carbons (Fsp3) is 0.825. The van der Waals surface area contributed by atoms with Crippen LogP contribution in [-0.4, -0.2) is 241 Å². The Balaban J connectivity index is -0.0000605. The second kappa shape index (κ2) is 74.7. The van der Waals surface area contributed by atoms with Crippen molar-refractivity contribution in [2.45, 2.75) is 277 Å². The number of unbranched alkanes of at least 4 members (excludes halogenated alkanes) is 20. The van der Waals surface area contributed by atoms with Crippen molar-refractivity contribution in [3.63, 3.8) is 0 Å². The highest BCUT2D eigenvalue weighted by Gasteiger charge is 2.25. The highest BCUT2D eigenvalue weighted by Crippen LogP contribution is 2.21. The van der Waals surface area contributed by atoms with Crippen LogP contribution < -0.4 is 26.6 Å². The molecule has 0 aliphatic carbocycles. The van der Waals surface area contributed by atoms with Crippen LogP contribution in [0.2, 0.25) is 0 Å². The second-order valence-electron chi connectivity index (χ2n) is 28.4. The zero-order valence-electron chi connectivity index (χ0n) is 67.0. The highest BCUT2D eigenvalue weighted by molar-refractivity contribution is 5.88. The number of carbonyl (C=O) groups is 14. The molecule has 0 radical (unpaired) electrons. The number of carboxylic acid groups (broad SMARTS) is 4. The Morgan fingerprint density at radius 2 is 0.658 bits per heavy atom. The van der Waals surface area contributed by atoms with Gasteiger partial charge in [0.25, 0.3) is 0 Å². The number of amides is 5. The SMILES string of the molecule is CC(=O)[C@H](CCCCNC(=O)CC[C@H](CC(=O)COCCOCCNC(=O)COCCOCCCC(=O)CCCCCCCCCCCCC(=O)O)C(=O)O)CC(=O)[C@@H](C)CCCCNC(=O)CC[C@H](NC(=O)COCCOCCCC(=O)COCCOCCNC(=O)CCCCCCCCCCCCC(=O)O)C(=O)O.[HH].[HH]. The number of nitrogens with one attached hydrogen (secondary N) is 5. The van der Waals surface area contributed by atoms with Gasteiger partial charge in [-0.3, -0.25) is 62.3 Å². The maximum absolute atomic E-state index is 13.1. The lowest BCUT2D eigenvalue weighted by molar-refractivity contribution is -0.145. The van der Waals surface area contributed by atoms with Crippen molar-refractivity contribution in [3.05, 3.63) is 0 Å². The Hall–Kier alpha value is -6.74. The van der Waals surface area contributed by atoms with Gasteiger partial charge in [-0.25, -0.2) is 4.79 Å². The van der Waals surface area contributed by atoms with Crippen LogP contribution in [0.25, 0.3) is 0 Å². The molecule has 0 spiro atoms. The largest absolute Gasteiger partial charge is 0.481 e. The zero-order chi connectivity index (χ0) is 82.0. The third kappa shape index (κ3) is 72.0. The van der Waals surface area contributed by atoms with Crippen LogP contribution in [0, 0.1) is 17.8 Å². The van der Waals surface area contributed by atoms with Crippen molar-refractivity contribution in [2.24, 2.45) is 17.8 Å². The first-order valence-electron chi connectivity index (χ1n) is 41.0. The minimum absolute atomic E-state index is 0. The van der Waals surface area contributed by atoms with Gasteiger partial charge in [-0.15, -0.1) is 0 Å². The van der Waals surface area contributed by atoms with Crippen LogP contribution in [0.5, 0.6) is 0 Å². The normalized spacial score (nSPS) is 12.3. The summed E-state index contributed by atoms with van der Waals surface area (Å²) < 4.78 is 43.2. The van der Waals surface area contributed by atoms with E-state index in [1.54, 1.807) is 6.92 Å². The maximum atomic E-state index is 13.1. The van der Waals surface area contributed by atoms with Gasteiger partial charge >= 0.3 is 23.9 Å². The Morgan fingerprint density at radius 1 is 0.288 bits per heavy atom. The van der Waals surface area contributed by atoms with E-state index in [1.807, 2.05) is 0 Å². The number of carbonyl (C=O) groups excluding carboxylic acids is 10. The molecule has 0 heterocycles. The van der Waals surface area contributed by atoms with Gasteiger partial charge in [-0.2, -0.15) is 0 Å². The van der Waals surface area contributed by atoms with Gasteiger partial charge in [-0.05, 0) is 84.0 Å². The van der Waals surface area contributed by atoms with Gasteiger partial charge in [0.1, 0.15) is 49.8 Å². The van der Waals surface area contributed by atoms with Crippen LogP contribution in [0.3, 0.4) is 0 Å². The van der Waals surface area contributed by atoms with Crippen LogP contribution in [0.4, 0.5) is 0 Å². The minimum atomic E-state index is -1.33. The molecule has 0 fully saturated rings. The van der Waals surface area contributed by atoms with Crippen LogP contribution in [0.1, 0.15) is 274 Å². The van der Waals surface area contributed by atoms with Gasteiger partial charge in [0.15, 0.2) is 11.6 Å². The first-order valence-corrected chi connectivity index (χ1v) is 41.0. The van der Waals surface area contributed by atoms with Crippen molar-refractivity contribution < 1.29 is 128 Å². The lowest BCUT2D eigenvalue weighted by atomic mass is 9.87. The van der Waals surface area contributed by atoms with Gasteiger partial charge in [-0.1, -0.05) is 122 Å². The van der Waals surface area contributed by atoms with E-state index >= 15 is 0 Å². The van der Waals surface area contributed by atoms with E-state index in [0.717, 1.165) is 116 Å². The van der Waals surface area contributed by atoms with Gasteiger partial charge in [0.05, 0.1) is 72.0 Å². The highest BCUT2D eigenvalue weighted by atomic mass is 16.5. The molecule has 31 nitrogen and oxygen atoms in total. The van der Waals surface area contributed by atoms with E-state index in [4.69, 9.17) is 48.1 Å². The minimum Gasteiger partial charge on any atom is -0.481 e. The van der Waals surface area contributed by atoms with Crippen molar-refractivity contribution in [2.75, 3.05) is 132 Å². The van der Waals surface area contributed by atoms with Crippen molar-refractivity contribution in [3.8, 4) is 0 Å². The number of ether oxygens (including phenoxy) is 8. The number of carboxylic acids is 4. The molecule has 644 valence electrons. The van der Waals surface area contributed by atoms with Crippen LogP contribution >= 0.6 is 0 Å². The van der Waals surface area contributed by atoms with Crippen molar-refractivity contribution >= 4 is 82.3 Å². The molecule has 0 rings (SSSR count). The number of hydrogen-bond donors (Lipinski definition) is 9. The predicted molar refractivity (Wildman–Crippen MR) is 417 cm³/mol. The summed E-state index contributed by atoms with van der Waals surface area (Å²) in [6, 6.07) is -1.33. The lowest BCUT2D eigenvalue weighted by Gasteiger charge is -2.17. The van der Waals surface area contributed by atoms with Crippen molar-refractivity contribution in [1.29, 1.82) is 0 Å². The fourth-order valence-electron chi connectivity index (χ4n) is 11.7. The average molecular weight is 1590 g/mol. The van der Waals surface area contributed by atoms with E-state index in [-0.39, 0.29) is 206 Å². The smallest absolute Gasteiger partial charge is 0.326 e. The Labute approximate surface area is 661 Å².